The summed E-state index contributed by atoms with van der Waals surface area (Å²) in [4.78, 5) is 30.6. The van der Waals surface area contributed by atoms with Gasteiger partial charge in [0.1, 0.15) is 5.70 Å². The van der Waals surface area contributed by atoms with Crippen molar-refractivity contribution in [2.24, 2.45) is 0 Å². The summed E-state index contributed by atoms with van der Waals surface area (Å²) in [6.45, 7) is 8.82. The zero-order valence-electron chi connectivity index (χ0n) is 17.9. The third-order valence-electron chi connectivity index (χ3n) is 5.46. The summed E-state index contributed by atoms with van der Waals surface area (Å²) in [5, 5.41) is 0.797. The molecule has 2 heterocycles. The van der Waals surface area contributed by atoms with Crippen molar-refractivity contribution >= 4 is 46.3 Å². The number of rotatable bonds is 3. The molecule has 0 radical (unpaired) electrons. The largest absolute Gasteiger partial charge is 0.372 e. The van der Waals surface area contributed by atoms with E-state index in [0.29, 0.717) is 45.7 Å². The van der Waals surface area contributed by atoms with Crippen LogP contribution in [-0.4, -0.2) is 42.0 Å². The van der Waals surface area contributed by atoms with E-state index in [-0.39, 0.29) is 24.0 Å². The molecule has 0 spiro atoms. The minimum absolute atomic E-state index is 0.0728. The van der Waals surface area contributed by atoms with E-state index in [4.69, 9.17) is 27.9 Å². The minimum Gasteiger partial charge on any atom is -0.372 e. The Bertz CT molecular complexity index is 1080. The van der Waals surface area contributed by atoms with Crippen LogP contribution < -0.4 is 4.90 Å². The van der Waals surface area contributed by atoms with Gasteiger partial charge in [0, 0.05) is 23.7 Å². The summed E-state index contributed by atoms with van der Waals surface area (Å²) in [7, 11) is 0. The summed E-state index contributed by atoms with van der Waals surface area (Å²) < 4.78 is 5.84. The van der Waals surface area contributed by atoms with Gasteiger partial charge in [-0.25, -0.2) is 4.90 Å². The van der Waals surface area contributed by atoms with Gasteiger partial charge < -0.3 is 9.64 Å². The first-order valence-electron chi connectivity index (χ1n) is 10.2. The van der Waals surface area contributed by atoms with Crippen molar-refractivity contribution in [1.29, 1.82) is 0 Å². The minimum atomic E-state index is -0.388. The monoisotopic (exact) mass is 458 g/mol. The second-order valence-corrected chi connectivity index (χ2v) is 9.15. The second kappa shape index (κ2) is 8.30. The molecule has 31 heavy (non-hydrogen) atoms. The summed E-state index contributed by atoms with van der Waals surface area (Å²) in [6, 6.07) is 10.7. The maximum Gasteiger partial charge on any atom is 0.282 e. The number of hydrogen-bond donors (Lipinski definition) is 0. The Kier molecular flexibility index (Phi) is 5.86. The zero-order valence-corrected chi connectivity index (χ0v) is 19.4. The molecule has 2 aromatic rings. The molecule has 2 aromatic carbocycles. The van der Waals surface area contributed by atoms with Gasteiger partial charge in [-0.2, -0.15) is 0 Å². The third-order valence-corrected chi connectivity index (χ3v) is 6.01. The molecular formula is C24H24Cl2N2O3. The lowest BCUT2D eigenvalue weighted by Crippen LogP contribution is -2.47. The number of carbonyl (C=O) groups excluding carboxylic acids is 2. The van der Waals surface area contributed by atoms with Gasteiger partial charge in [-0.15, -0.1) is 0 Å². The standard InChI is InChI=1S/C24H24Cl2N2O3/c1-13-7-14(2)9-18(8-13)28-23(29)21(19-6-5-17(25)10-20(19)26)22(24(28)30)27-11-15(3)31-16(4)12-27/h5-10,15-16H,11-12H2,1-4H3. The van der Waals surface area contributed by atoms with Crippen LogP contribution in [0.3, 0.4) is 0 Å². The Balaban J connectivity index is 1.89. The van der Waals surface area contributed by atoms with Gasteiger partial charge in [0.15, 0.2) is 0 Å². The van der Waals surface area contributed by atoms with Crippen LogP contribution in [0.5, 0.6) is 0 Å². The van der Waals surface area contributed by atoms with Crippen LogP contribution in [0.15, 0.2) is 42.1 Å². The molecule has 0 bridgehead atoms. The molecule has 2 amide bonds. The Morgan fingerprint density at radius 2 is 1.52 bits per heavy atom. The van der Waals surface area contributed by atoms with Crippen LogP contribution >= 0.6 is 23.2 Å². The maximum atomic E-state index is 13.7. The molecule has 2 aliphatic heterocycles. The van der Waals surface area contributed by atoms with Crippen molar-refractivity contribution in [1.82, 2.24) is 4.90 Å². The fourth-order valence-corrected chi connectivity index (χ4v) is 4.92. The molecule has 1 fully saturated rings. The van der Waals surface area contributed by atoms with Gasteiger partial charge in [-0.05, 0) is 63.1 Å². The topological polar surface area (TPSA) is 49.9 Å². The van der Waals surface area contributed by atoms with Crippen LogP contribution in [-0.2, 0) is 14.3 Å². The van der Waals surface area contributed by atoms with E-state index in [1.807, 2.05) is 50.8 Å². The SMILES string of the molecule is Cc1cc(C)cc(N2C(=O)C(c3ccc(Cl)cc3Cl)=C(N3CC(C)OC(C)C3)C2=O)c1. The number of ether oxygens (including phenoxy) is 1. The summed E-state index contributed by atoms with van der Waals surface area (Å²) in [6.07, 6.45) is -0.146. The number of amides is 2. The highest BCUT2D eigenvalue weighted by molar-refractivity contribution is 6.47. The molecule has 0 saturated carbocycles. The van der Waals surface area contributed by atoms with Crippen LogP contribution in [0.2, 0.25) is 10.0 Å². The molecule has 1 saturated heterocycles. The zero-order chi connectivity index (χ0) is 22.4. The highest BCUT2D eigenvalue weighted by atomic mass is 35.5. The van der Waals surface area contributed by atoms with Crippen molar-refractivity contribution in [3.8, 4) is 0 Å². The number of hydrogen-bond acceptors (Lipinski definition) is 4. The molecule has 2 aliphatic rings. The van der Waals surface area contributed by atoms with E-state index in [1.165, 1.54) is 4.90 Å². The predicted octanol–water partition coefficient (Wildman–Crippen LogP) is 5.00. The molecule has 5 nitrogen and oxygen atoms in total. The normalized spacial score (nSPS) is 22.0. The summed E-state index contributed by atoms with van der Waals surface area (Å²) in [5.74, 6) is -0.738. The second-order valence-electron chi connectivity index (χ2n) is 8.30. The quantitative estimate of drug-likeness (QED) is 0.606. The van der Waals surface area contributed by atoms with Crippen LogP contribution in [0.4, 0.5) is 5.69 Å². The number of morpholine rings is 1. The van der Waals surface area contributed by atoms with E-state index in [9.17, 15) is 9.59 Å². The van der Waals surface area contributed by atoms with Crippen LogP contribution in [0.1, 0.15) is 30.5 Å². The molecule has 0 N–H and O–H groups in total. The first kappa shape index (κ1) is 21.9. The Morgan fingerprint density at radius 1 is 0.903 bits per heavy atom. The number of imide groups is 1. The molecule has 0 aromatic heterocycles. The summed E-state index contributed by atoms with van der Waals surface area (Å²) in [5.41, 5.74) is 3.66. The molecule has 2 unspecified atom stereocenters. The number of benzene rings is 2. The average Bonchev–Trinajstić information content (AvgIpc) is 2.90. The van der Waals surface area contributed by atoms with Crippen molar-refractivity contribution in [2.45, 2.75) is 39.9 Å². The number of aryl methyl sites for hydroxylation is 2. The van der Waals surface area contributed by atoms with Crippen LogP contribution in [0.25, 0.3) is 5.57 Å². The van der Waals surface area contributed by atoms with Crippen molar-refractivity contribution in [3.63, 3.8) is 0 Å². The van der Waals surface area contributed by atoms with Crippen molar-refractivity contribution < 1.29 is 14.3 Å². The lowest BCUT2D eigenvalue weighted by atomic mass is 10.0. The van der Waals surface area contributed by atoms with E-state index in [0.717, 1.165) is 11.1 Å². The van der Waals surface area contributed by atoms with E-state index >= 15 is 0 Å². The van der Waals surface area contributed by atoms with Gasteiger partial charge in [-0.1, -0.05) is 35.3 Å². The number of anilines is 1. The van der Waals surface area contributed by atoms with E-state index < -0.39 is 0 Å². The average molecular weight is 459 g/mol. The Morgan fingerprint density at radius 3 is 2.10 bits per heavy atom. The fraction of sp³-hybridized carbons (Fsp3) is 0.333. The van der Waals surface area contributed by atoms with E-state index in [1.54, 1.807) is 18.2 Å². The molecule has 162 valence electrons. The van der Waals surface area contributed by atoms with Gasteiger partial charge in [0.25, 0.3) is 11.8 Å². The molecule has 0 aliphatic carbocycles. The lowest BCUT2D eigenvalue weighted by molar-refractivity contribution is -0.121. The first-order valence-corrected chi connectivity index (χ1v) is 11.0. The van der Waals surface area contributed by atoms with Gasteiger partial charge in [0.2, 0.25) is 0 Å². The Labute approximate surface area is 192 Å². The third kappa shape index (κ3) is 4.10. The molecule has 7 heteroatoms. The highest BCUT2D eigenvalue weighted by Gasteiger charge is 2.44. The number of halogens is 2. The lowest BCUT2D eigenvalue weighted by Gasteiger charge is -2.37. The smallest absolute Gasteiger partial charge is 0.282 e. The van der Waals surface area contributed by atoms with Gasteiger partial charge >= 0.3 is 0 Å². The number of nitrogens with zero attached hydrogens (tertiary/aromatic N) is 2. The van der Waals surface area contributed by atoms with E-state index in [2.05, 4.69) is 0 Å². The number of carbonyl (C=O) groups is 2. The van der Waals surface area contributed by atoms with Crippen LogP contribution in [0, 0.1) is 13.8 Å². The predicted molar refractivity (Wildman–Crippen MR) is 123 cm³/mol. The molecular weight excluding hydrogens is 435 g/mol. The Hall–Kier alpha value is -2.34. The maximum absolute atomic E-state index is 13.7. The fourth-order valence-electron chi connectivity index (χ4n) is 4.42. The van der Waals surface area contributed by atoms with Gasteiger partial charge in [0.05, 0.1) is 28.5 Å². The van der Waals surface area contributed by atoms with Crippen molar-refractivity contribution in [3.05, 3.63) is 68.8 Å². The summed E-state index contributed by atoms with van der Waals surface area (Å²) >= 11 is 12.6. The van der Waals surface area contributed by atoms with Gasteiger partial charge in [-0.3, -0.25) is 9.59 Å². The first-order chi connectivity index (χ1) is 14.7. The highest BCUT2D eigenvalue weighted by Crippen LogP contribution is 2.39. The van der Waals surface area contributed by atoms with Crippen molar-refractivity contribution in [2.75, 3.05) is 18.0 Å². The molecule has 2 atom stereocenters. The molecule has 4 rings (SSSR count).